The van der Waals surface area contributed by atoms with Crippen molar-refractivity contribution in [2.45, 2.75) is 58.3 Å². The number of benzene rings is 1. The summed E-state index contributed by atoms with van der Waals surface area (Å²) in [6.45, 7) is 2.25. The van der Waals surface area contributed by atoms with Crippen LogP contribution in [0, 0.1) is 0 Å². The van der Waals surface area contributed by atoms with E-state index >= 15 is 0 Å². The van der Waals surface area contributed by atoms with E-state index in [0.717, 1.165) is 12.0 Å². The molecule has 0 aliphatic carbocycles. The molecule has 0 aliphatic heterocycles. The molecule has 0 aliphatic rings. The van der Waals surface area contributed by atoms with Crippen LogP contribution in [0.4, 0.5) is 0 Å². The van der Waals surface area contributed by atoms with Gasteiger partial charge in [0.1, 0.15) is 5.75 Å². The molecule has 94 valence electrons. The topological polar surface area (TPSA) is 20.2 Å². The number of unbranched alkanes of at least 4 members (excludes halogenated alkanes) is 6. The second-order valence-electron chi connectivity index (χ2n) is 4.50. The normalized spacial score (nSPS) is 9.94. The van der Waals surface area contributed by atoms with E-state index < -0.39 is 0 Å². The first kappa shape index (κ1) is 16.8. The van der Waals surface area contributed by atoms with Crippen LogP contribution in [0.15, 0.2) is 24.3 Å². The van der Waals surface area contributed by atoms with Gasteiger partial charge >= 0.3 is 0 Å². The largest absolute Gasteiger partial charge is 0.508 e. The molecule has 0 amide bonds. The molecule has 0 atom stereocenters. The zero-order valence-corrected chi connectivity index (χ0v) is 13.8. The minimum Gasteiger partial charge on any atom is -0.508 e. The van der Waals surface area contributed by atoms with E-state index in [4.69, 9.17) is 0 Å². The molecule has 0 fully saturated rings. The standard InChI is InChI=1S/C15H24O.Sn/c1-2-3-4-5-6-7-8-11-14-12-9-10-13-15(14)16;/h9-10,12-13,16H,2-8,11H2,1H3;. The fraction of sp³-hybridized carbons (Fsp3) is 0.600. The maximum Gasteiger partial charge on any atom is 0.118 e. The van der Waals surface area contributed by atoms with Crippen LogP contribution in [-0.2, 0) is 6.42 Å². The molecule has 0 heterocycles. The average Bonchev–Trinajstić information content (AvgIpc) is 2.30. The fourth-order valence-corrected chi connectivity index (χ4v) is 1.99. The van der Waals surface area contributed by atoms with Gasteiger partial charge in [0.25, 0.3) is 0 Å². The van der Waals surface area contributed by atoms with Gasteiger partial charge in [0.05, 0.1) is 0 Å². The van der Waals surface area contributed by atoms with Gasteiger partial charge in [0, 0.05) is 23.9 Å². The van der Waals surface area contributed by atoms with Crippen molar-refractivity contribution < 1.29 is 5.11 Å². The summed E-state index contributed by atoms with van der Waals surface area (Å²) in [7, 11) is 0. The van der Waals surface area contributed by atoms with Crippen molar-refractivity contribution in [3.05, 3.63) is 29.8 Å². The predicted octanol–water partition coefficient (Wildman–Crippen LogP) is 4.30. The van der Waals surface area contributed by atoms with E-state index in [-0.39, 0.29) is 23.9 Å². The summed E-state index contributed by atoms with van der Waals surface area (Å²) in [6.07, 6.45) is 10.3. The SMILES string of the molecule is CCCCCCCCCc1ccccc1O.[Sn]. The number of phenols is 1. The third-order valence-electron chi connectivity index (χ3n) is 3.04. The van der Waals surface area contributed by atoms with Crippen LogP contribution in [0.1, 0.15) is 57.4 Å². The Morgan fingerprint density at radius 3 is 2.12 bits per heavy atom. The third-order valence-corrected chi connectivity index (χ3v) is 3.04. The van der Waals surface area contributed by atoms with Crippen LogP contribution >= 0.6 is 0 Å². The van der Waals surface area contributed by atoms with Crippen LogP contribution < -0.4 is 0 Å². The molecular weight excluding hydrogens is 315 g/mol. The molecule has 0 saturated heterocycles. The Labute approximate surface area is 123 Å². The Morgan fingerprint density at radius 1 is 0.882 bits per heavy atom. The molecule has 1 N–H and O–H groups in total. The van der Waals surface area contributed by atoms with Gasteiger partial charge in [-0.25, -0.2) is 0 Å². The molecule has 1 aromatic carbocycles. The summed E-state index contributed by atoms with van der Waals surface area (Å²) in [5.41, 5.74) is 1.09. The van der Waals surface area contributed by atoms with E-state index in [2.05, 4.69) is 6.92 Å². The van der Waals surface area contributed by atoms with Crippen molar-refractivity contribution >= 4 is 23.9 Å². The Bertz CT molecular complexity index is 286. The Kier molecular flexibility index (Phi) is 10.8. The van der Waals surface area contributed by atoms with E-state index in [1.807, 2.05) is 18.2 Å². The summed E-state index contributed by atoms with van der Waals surface area (Å²) in [6, 6.07) is 7.67. The van der Waals surface area contributed by atoms with Gasteiger partial charge in [0.15, 0.2) is 0 Å². The first-order valence-electron chi connectivity index (χ1n) is 6.61. The van der Waals surface area contributed by atoms with Gasteiger partial charge in [-0.05, 0) is 24.5 Å². The van der Waals surface area contributed by atoms with Gasteiger partial charge < -0.3 is 5.11 Å². The van der Waals surface area contributed by atoms with Crippen molar-refractivity contribution in [1.29, 1.82) is 0 Å². The van der Waals surface area contributed by atoms with Crippen LogP contribution in [-0.4, -0.2) is 29.0 Å². The minimum absolute atomic E-state index is 0. The molecule has 1 rings (SSSR count). The molecule has 1 aromatic rings. The Morgan fingerprint density at radius 2 is 1.47 bits per heavy atom. The van der Waals surface area contributed by atoms with Crippen molar-refractivity contribution in [2.24, 2.45) is 0 Å². The van der Waals surface area contributed by atoms with Crippen LogP contribution in [0.5, 0.6) is 5.75 Å². The molecule has 17 heavy (non-hydrogen) atoms. The molecule has 0 aromatic heterocycles. The van der Waals surface area contributed by atoms with Gasteiger partial charge in [-0.1, -0.05) is 63.6 Å². The summed E-state index contributed by atoms with van der Waals surface area (Å²) in [5.74, 6) is 0.452. The van der Waals surface area contributed by atoms with Crippen LogP contribution in [0.2, 0.25) is 0 Å². The number of aromatic hydroxyl groups is 1. The van der Waals surface area contributed by atoms with Crippen LogP contribution in [0.3, 0.4) is 0 Å². The molecule has 1 nitrogen and oxygen atoms in total. The van der Waals surface area contributed by atoms with Crippen molar-refractivity contribution in [2.75, 3.05) is 0 Å². The quantitative estimate of drug-likeness (QED) is 0.553. The first-order valence-corrected chi connectivity index (χ1v) is 6.61. The second kappa shape index (κ2) is 10.9. The van der Waals surface area contributed by atoms with Crippen molar-refractivity contribution in [3.63, 3.8) is 0 Å². The fourth-order valence-electron chi connectivity index (χ4n) is 1.99. The van der Waals surface area contributed by atoms with E-state index in [9.17, 15) is 5.11 Å². The number of para-hydroxylation sites is 1. The minimum atomic E-state index is 0. The van der Waals surface area contributed by atoms with Gasteiger partial charge in [-0.15, -0.1) is 0 Å². The number of phenolic OH excluding ortho intramolecular Hbond substituents is 1. The molecule has 2 heteroatoms. The molecule has 0 unspecified atom stereocenters. The van der Waals surface area contributed by atoms with Gasteiger partial charge in [-0.3, -0.25) is 0 Å². The number of hydrogen-bond donors (Lipinski definition) is 1. The summed E-state index contributed by atoms with van der Waals surface area (Å²) in [4.78, 5) is 0. The molecule has 4 radical (unpaired) electrons. The van der Waals surface area contributed by atoms with Crippen LogP contribution in [0.25, 0.3) is 0 Å². The maximum atomic E-state index is 9.58. The number of hydrogen-bond acceptors (Lipinski definition) is 1. The summed E-state index contributed by atoms with van der Waals surface area (Å²) < 4.78 is 0. The van der Waals surface area contributed by atoms with Crippen molar-refractivity contribution in [3.8, 4) is 5.75 Å². The smallest absolute Gasteiger partial charge is 0.118 e. The van der Waals surface area contributed by atoms with Gasteiger partial charge in [0.2, 0.25) is 0 Å². The Balaban J connectivity index is 0.00000256. The molecular formula is C15H24OSn. The number of aryl methyl sites for hydroxylation is 1. The number of rotatable bonds is 8. The molecule has 0 spiro atoms. The van der Waals surface area contributed by atoms with E-state index in [1.165, 1.54) is 44.9 Å². The monoisotopic (exact) mass is 340 g/mol. The molecule has 0 saturated carbocycles. The van der Waals surface area contributed by atoms with Crippen molar-refractivity contribution in [1.82, 2.24) is 0 Å². The molecule has 0 bridgehead atoms. The van der Waals surface area contributed by atoms with Gasteiger partial charge in [-0.2, -0.15) is 0 Å². The summed E-state index contributed by atoms with van der Waals surface area (Å²) in [5, 5.41) is 9.58. The zero-order chi connectivity index (χ0) is 11.6. The average molecular weight is 339 g/mol. The maximum absolute atomic E-state index is 9.58. The summed E-state index contributed by atoms with van der Waals surface area (Å²) >= 11 is 0. The van der Waals surface area contributed by atoms with E-state index in [1.54, 1.807) is 6.07 Å². The Hall–Kier alpha value is -0.181. The predicted molar refractivity (Wildman–Crippen MR) is 75.6 cm³/mol. The third kappa shape index (κ3) is 7.69. The van der Waals surface area contributed by atoms with E-state index in [0.29, 0.717) is 5.75 Å². The first-order chi connectivity index (χ1) is 7.84. The zero-order valence-electron chi connectivity index (χ0n) is 10.9. The second-order valence-corrected chi connectivity index (χ2v) is 4.50.